The van der Waals surface area contributed by atoms with Gasteiger partial charge in [-0.2, -0.15) is 4.98 Å². The third-order valence-corrected chi connectivity index (χ3v) is 2.02. The van der Waals surface area contributed by atoms with E-state index in [0.29, 0.717) is 11.8 Å². The van der Waals surface area contributed by atoms with E-state index in [9.17, 15) is 0 Å². The van der Waals surface area contributed by atoms with Crippen molar-refractivity contribution < 1.29 is 4.52 Å². The van der Waals surface area contributed by atoms with Crippen LogP contribution in [-0.2, 0) is 0 Å². The highest BCUT2D eigenvalue weighted by atomic mass is 16.5. The second kappa shape index (κ2) is 4.95. The summed E-state index contributed by atoms with van der Waals surface area (Å²) in [4.78, 5) is 5.98. The van der Waals surface area contributed by atoms with Crippen LogP contribution in [0.1, 0.15) is 38.1 Å². The predicted octanol–water partition coefficient (Wildman–Crippen LogP) is 1.33. The first-order valence-electron chi connectivity index (χ1n) is 4.91. The van der Waals surface area contributed by atoms with Crippen LogP contribution in [-0.4, -0.2) is 24.2 Å². The summed E-state index contributed by atoms with van der Waals surface area (Å²) < 4.78 is 5.06. The molecule has 0 aliphatic carbocycles. The molecule has 0 aliphatic rings. The fourth-order valence-corrected chi connectivity index (χ4v) is 1.11. The van der Waals surface area contributed by atoms with Crippen molar-refractivity contribution in [2.75, 3.05) is 19.0 Å². The maximum atomic E-state index is 5.88. The number of hydrogen-bond acceptors (Lipinski definition) is 5. The third kappa shape index (κ3) is 2.70. The third-order valence-electron chi connectivity index (χ3n) is 2.02. The molecule has 2 N–H and O–H groups in total. The van der Waals surface area contributed by atoms with Crippen LogP contribution in [0.5, 0.6) is 0 Å². The van der Waals surface area contributed by atoms with Gasteiger partial charge >= 0.3 is 0 Å². The molecule has 0 aliphatic heterocycles. The van der Waals surface area contributed by atoms with E-state index < -0.39 is 0 Å². The Hall–Kier alpha value is -1.10. The molecule has 0 fully saturated rings. The molecule has 0 amide bonds. The largest absolute Gasteiger partial charge is 0.344 e. The van der Waals surface area contributed by atoms with Crippen molar-refractivity contribution in [3.8, 4) is 0 Å². The smallest absolute Gasteiger partial charge is 0.265 e. The maximum absolute atomic E-state index is 5.88. The first-order chi connectivity index (χ1) is 6.65. The van der Waals surface area contributed by atoms with Crippen LogP contribution < -0.4 is 10.6 Å². The summed E-state index contributed by atoms with van der Waals surface area (Å²) in [6.45, 7) is 2.13. The van der Waals surface area contributed by atoms with Gasteiger partial charge in [-0.05, 0) is 11.6 Å². The highest BCUT2D eigenvalue weighted by Crippen LogP contribution is 2.16. The molecule has 1 atom stereocenters. The van der Waals surface area contributed by atoms with Gasteiger partial charge in [0, 0.05) is 14.1 Å². The number of anilines is 1. The molecule has 0 saturated heterocycles. The van der Waals surface area contributed by atoms with E-state index in [-0.39, 0.29) is 6.04 Å². The van der Waals surface area contributed by atoms with Gasteiger partial charge in [0.2, 0.25) is 5.89 Å². The lowest BCUT2D eigenvalue weighted by molar-refractivity contribution is 0.346. The number of nitrogens with two attached hydrogens (primary N) is 1. The van der Waals surface area contributed by atoms with Gasteiger partial charge < -0.3 is 15.2 Å². The molecule has 0 bridgehead atoms. The Labute approximate surface area is 84.3 Å². The number of aromatic nitrogens is 2. The average Bonchev–Trinajstić information content (AvgIpc) is 2.62. The quantitative estimate of drug-likeness (QED) is 0.773. The molecule has 1 aromatic heterocycles. The Morgan fingerprint density at radius 1 is 1.50 bits per heavy atom. The lowest BCUT2D eigenvalue weighted by Crippen LogP contribution is -2.12. The van der Waals surface area contributed by atoms with E-state index in [2.05, 4.69) is 17.1 Å². The van der Waals surface area contributed by atoms with Crippen molar-refractivity contribution in [3.05, 3.63) is 5.89 Å². The summed E-state index contributed by atoms with van der Waals surface area (Å²) in [6, 6.07) is -0.129. The van der Waals surface area contributed by atoms with Crippen molar-refractivity contribution >= 4 is 5.95 Å². The molecular formula is C9H18N4O. The monoisotopic (exact) mass is 198 g/mol. The Bertz CT molecular complexity index is 272. The van der Waals surface area contributed by atoms with Crippen molar-refractivity contribution in [2.45, 2.75) is 32.2 Å². The average molecular weight is 198 g/mol. The van der Waals surface area contributed by atoms with Crippen LogP contribution >= 0.6 is 0 Å². The van der Waals surface area contributed by atoms with Crippen LogP contribution in [0.2, 0.25) is 0 Å². The Morgan fingerprint density at radius 3 is 2.71 bits per heavy atom. The number of hydrogen-bond donors (Lipinski definition) is 1. The second-order valence-corrected chi connectivity index (χ2v) is 3.58. The lowest BCUT2D eigenvalue weighted by Gasteiger charge is -2.05. The van der Waals surface area contributed by atoms with E-state index in [1.54, 1.807) is 4.90 Å². The van der Waals surface area contributed by atoms with Crippen molar-refractivity contribution in [1.82, 2.24) is 10.1 Å². The van der Waals surface area contributed by atoms with Gasteiger partial charge in [0.25, 0.3) is 5.95 Å². The van der Waals surface area contributed by atoms with Gasteiger partial charge in [-0.3, -0.25) is 0 Å². The Morgan fingerprint density at radius 2 is 2.21 bits per heavy atom. The molecule has 0 saturated carbocycles. The normalized spacial score (nSPS) is 12.9. The van der Waals surface area contributed by atoms with Gasteiger partial charge in [-0.15, -0.1) is 0 Å². The zero-order chi connectivity index (χ0) is 10.6. The molecular weight excluding hydrogens is 180 g/mol. The summed E-state index contributed by atoms with van der Waals surface area (Å²) in [6.07, 6.45) is 3.11. The first-order valence-corrected chi connectivity index (χ1v) is 4.91. The molecule has 1 aromatic rings. The molecule has 1 rings (SSSR count). The fourth-order valence-electron chi connectivity index (χ4n) is 1.11. The first kappa shape index (κ1) is 11.0. The summed E-state index contributed by atoms with van der Waals surface area (Å²) in [5.74, 6) is 1.11. The summed E-state index contributed by atoms with van der Waals surface area (Å²) in [5, 5.41) is 3.80. The van der Waals surface area contributed by atoms with Gasteiger partial charge in [0.15, 0.2) is 0 Å². The predicted molar refractivity (Wildman–Crippen MR) is 55.1 cm³/mol. The molecule has 0 aromatic carbocycles. The van der Waals surface area contributed by atoms with Crippen LogP contribution in [0.3, 0.4) is 0 Å². The zero-order valence-corrected chi connectivity index (χ0v) is 9.03. The van der Waals surface area contributed by atoms with Crippen LogP contribution in [0.25, 0.3) is 0 Å². The minimum Gasteiger partial charge on any atom is -0.344 e. The molecule has 5 heteroatoms. The standard InChI is InChI=1S/C9H18N4O/c1-4-5-6-7(10)8-11-9(12-14-8)13(2)3/h7H,4-6,10H2,1-3H3. The zero-order valence-electron chi connectivity index (χ0n) is 9.03. The number of rotatable bonds is 5. The highest BCUT2D eigenvalue weighted by Gasteiger charge is 2.14. The van der Waals surface area contributed by atoms with Gasteiger partial charge in [-0.1, -0.05) is 19.8 Å². The second-order valence-electron chi connectivity index (χ2n) is 3.58. The number of nitrogens with zero attached hydrogens (tertiary/aromatic N) is 3. The SMILES string of the molecule is CCCCC(N)c1nc(N(C)C)no1. The van der Waals surface area contributed by atoms with Gasteiger partial charge in [-0.25, -0.2) is 0 Å². The van der Waals surface area contributed by atoms with Crippen molar-refractivity contribution in [1.29, 1.82) is 0 Å². The van der Waals surface area contributed by atoms with Crippen molar-refractivity contribution in [3.63, 3.8) is 0 Å². The minimum atomic E-state index is -0.129. The maximum Gasteiger partial charge on any atom is 0.265 e. The molecule has 5 nitrogen and oxygen atoms in total. The van der Waals surface area contributed by atoms with E-state index in [0.717, 1.165) is 19.3 Å². The van der Waals surface area contributed by atoms with E-state index in [1.165, 1.54) is 0 Å². The van der Waals surface area contributed by atoms with Gasteiger partial charge in [0.05, 0.1) is 6.04 Å². The topological polar surface area (TPSA) is 68.2 Å². The summed E-state index contributed by atoms with van der Waals surface area (Å²) in [5.41, 5.74) is 5.88. The van der Waals surface area contributed by atoms with Gasteiger partial charge in [0.1, 0.15) is 0 Å². The van der Waals surface area contributed by atoms with E-state index >= 15 is 0 Å². The molecule has 80 valence electrons. The highest BCUT2D eigenvalue weighted by molar-refractivity contribution is 5.23. The van der Waals surface area contributed by atoms with Crippen LogP contribution in [0, 0.1) is 0 Å². The van der Waals surface area contributed by atoms with Crippen LogP contribution in [0.4, 0.5) is 5.95 Å². The Balaban J connectivity index is 2.57. The molecule has 0 radical (unpaired) electrons. The molecule has 1 heterocycles. The van der Waals surface area contributed by atoms with Crippen molar-refractivity contribution in [2.24, 2.45) is 5.73 Å². The lowest BCUT2D eigenvalue weighted by atomic mass is 10.1. The molecule has 0 spiro atoms. The summed E-state index contributed by atoms with van der Waals surface area (Å²) in [7, 11) is 3.73. The van der Waals surface area contributed by atoms with E-state index in [1.807, 2.05) is 14.1 Å². The number of unbranched alkanes of at least 4 members (excludes halogenated alkanes) is 1. The van der Waals surface area contributed by atoms with E-state index in [4.69, 9.17) is 10.3 Å². The Kier molecular flexibility index (Phi) is 3.88. The minimum absolute atomic E-state index is 0.129. The fraction of sp³-hybridized carbons (Fsp3) is 0.778. The summed E-state index contributed by atoms with van der Waals surface area (Å²) >= 11 is 0. The van der Waals surface area contributed by atoms with Crippen LogP contribution in [0.15, 0.2) is 4.52 Å². The molecule has 1 unspecified atom stereocenters. The molecule has 14 heavy (non-hydrogen) atoms.